The second-order valence-corrected chi connectivity index (χ2v) is 6.13. The summed E-state index contributed by atoms with van der Waals surface area (Å²) in [6.07, 6.45) is 1.66. The van der Waals surface area contributed by atoms with Gasteiger partial charge in [-0.2, -0.15) is 5.10 Å². The van der Waals surface area contributed by atoms with E-state index in [-0.39, 0.29) is 5.82 Å². The van der Waals surface area contributed by atoms with E-state index < -0.39 is 6.04 Å². The van der Waals surface area contributed by atoms with Crippen LogP contribution in [0.5, 0.6) is 0 Å². The van der Waals surface area contributed by atoms with Gasteiger partial charge in [0.05, 0.1) is 35.6 Å². The molecule has 2 rings (SSSR count). The van der Waals surface area contributed by atoms with Crippen LogP contribution in [0.25, 0.3) is 0 Å². The Morgan fingerprint density at radius 3 is 2.90 bits per heavy atom. The van der Waals surface area contributed by atoms with Crippen LogP contribution in [-0.2, 0) is 11.3 Å². The Morgan fingerprint density at radius 2 is 2.24 bits per heavy atom. The number of halogens is 3. The number of aromatic nitrogens is 2. The molecule has 114 valence electrons. The van der Waals surface area contributed by atoms with E-state index in [0.717, 1.165) is 14.6 Å². The molecule has 0 spiro atoms. The van der Waals surface area contributed by atoms with E-state index in [1.165, 1.54) is 6.07 Å². The van der Waals surface area contributed by atoms with Crippen LogP contribution in [0.3, 0.4) is 0 Å². The van der Waals surface area contributed by atoms with Crippen molar-refractivity contribution in [1.29, 1.82) is 0 Å². The number of methoxy groups -OCH3 is 1. The van der Waals surface area contributed by atoms with Crippen molar-refractivity contribution >= 4 is 31.9 Å². The summed E-state index contributed by atoms with van der Waals surface area (Å²) in [5.41, 5.74) is 3.83. The van der Waals surface area contributed by atoms with Crippen LogP contribution >= 0.6 is 31.9 Å². The molecule has 0 aliphatic rings. The maximum atomic E-state index is 14.1. The Hall–Kier alpha value is -0.800. The lowest BCUT2D eigenvalue weighted by atomic mass is 10.0. The van der Waals surface area contributed by atoms with Crippen LogP contribution in [0.4, 0.5) is 4.39 Å². The minimum absolute atomic E-state index is 0.340. The van der Waals surface area contributed by atoms with Crippen molar-refractivity contribution in [3.63, 3.8) is 0 Å². The van der Waals surface area contributed by atoms with E-state index in [9.17, 15) is 4.39 Å². The van der Waals surface area contributed by atoms with Crippen molar-refractivity contribution in [2.45, 2.75) is 12.6 Å². The second kappa shape index (κ2) is 7.46. The highest BCUT2D eigenvalue weighted by Crippen LogP contribution is 2.31. The van der Waals surface area contributed by atoms with Crippen molar-refractivity contribution in [1.82, 2.24) is 15.2 Å². The number of nitrogens with two attached hydrogens (primary N) is 1. The first-order chi connectivity index (χ1) is 10.1. The number of rotatable bonds is 6. The summed E-state index contributed by atoms with van der Waals surface area (Å²) in [5, 5.41) is 4.26. The minimum atomic E-state index is -0.531. The maximum absolute atomic E-state index is 14.1. The molecule has 1 unspecified atom stereocenters. The number of hydrazine groups is 1. The highest BCUT2D eigenvalue weighted by molar-refractivity contribution is 9.10. The van der Waals surface area contributed by atoms with Crippen molar-refractivity contribution in [3.8, 4) is 0 Å². The zero-order chi connectivity index (χ0) is 15.4. The topological polar surface area (TPSA) is 65.1 Å². The zero-order valence-electron chi connectivity index (χ0n) is 11.3. The largest absolute Gasteiger partial charge is 0.383 e. The molecule has 1 aromatic carbocycles. The van der Waals surface area contributed by atoms with Crippen LogP contribution in [0.1, 0.15) is 17.3 Å². The lowest BCUT2D eigenvalue weighted by Gasteiger charge is -2.20. The van der Waals surface area contributed by atoms with Gasteiger partial charge in [0.15, 0.2) is 0 Å². The molecule has 8 heteroatoms. The van der Waals surface area contributed by atoms with Crippen molar-refractivity contribution in [2.75, 3.05) is 13.7 Å². The third-order valence-corrected chi connectivity index (χ3v) is 4.15. The van der Waals surface area contributed by atoms with Gasteiger partial charge in [-0.3, -0.25) is 10.5 Å². The first-order valence-corrected chi connectivity index (χ1v) is 7.78. The van der Waals surface area contributed by atoms with Gasteiger partial charge in [-0.1, -0.05) is 15.9 Å². The second-order valence-electron chi connectivity index (χ2n) is 4.36. The van der Waals surface area contributed by atoms with Crippen LogP contribution in [0.2, 0.25) is 0 Å². The molecular weight excluding hydrogens is 407 g/mol. The van der Waals surface area contributed by atoms with Crippen molar-refractivity contribution < 1.29 is 9.13 Å². The summed E-state index contributed by atoms with van der Waals surface area (Å²) in [6.45, 7) is 1.05. The molecular formula is C13H15Br2FN4O. The Bertz CT molecular complexity index is 620. The molecule has 5 nitrogen and oxygen atoms in total. The van der Waals surface area contributed by atoms with Gasteiger partial charge in [-0.25, -0.2) is 9.82 Å². The fraction of sp³-hybridized carbons (Fsp3) is 0.308. The lowest BCUT2D eigenvalue weighted by Crippen LogP contribution is -2.32. The number of benzene rings is 1. The first kappa shape index (κ1) is 16.6. The van der Waals surface area contributed by atoms with Crippen molar-refractivity contribution in [2.24, 2.45) is 5.84 Å². The van der Waals surface area contributed by atoms with E-state index in [1.807, 2.05) is 0 Å². The summed E-state index contributed by atoms with van der Waals surface area (Å²) in [6, 6.07) is 4.20. The highest BCUT2D eigenvalue weighted by Gasteiger charge is 2.23. The van der Waals surface area contributed by atoms with Crippen molar-refractivity contribution in [3.05, 3.63) is 50.4 Å². The van der Waals surface area contributed by atoms with Crippen LogP contribution in [-0.4, -0.2) is 23.5 Å². The molecule has 0 fully saturated rings. The molecule has 3 N–H and O–H groups in total. The molecule has 0 amide bonds. The molecule has 1 aromatic heterocycles. The predicted molar refractivity (Wildman–Crippen MR) is 85.1 cm³/mol. The third-order valence-electron chi connectivity index (χ3n) is 3.05. The van der Waals surface area contributed by atoms with Gasteiger partial charge in [0.1, 0.15) is 5.82 Å². The molecule has 2 aromatic rings. The fourth-order valence-electron chi connectivity index (χ4n) is 2.07. The molecule has 0 aliphatic heterocycles. The van der Waals surface area contributed by atoms with E-state index in [0.29, 0.717) is 18.7 Å². The SMILES string of the molecule is COCCn1ncc(Br)c1C(NN)c1cc(Br)ccc1F. The minimum Gasteiger partial charge on any atom is -0.383 e. The van der Waals surface area contributed by atoms with Gasteiger partial charge < -0.3 is 4.74 Å². The van der Waals surface area contributed by atoms with E-state index >= 15 is 0 Å². The molecule has 1 atom stereocenters. The smallest absolute Gasteiger partial charge is 0.128 e. The zero-order valence-corrected chi connectivity index (χ0v) is 14.5. The molecule has 0 saturated heterocycles. The number of nitrogens with zero attached hydrogens (tertiary/aromatic N) is 2. The number of nitrogens with one attached hydrogen (secondary N) is 1. The lowest BCUT2D eigenvalue weighted by molar-refractivity contribution is 0.182. The summed E-state index contributed by atoms with van der Waals surface area (Å²) in [7, 11) is 1.62. The summed E-state index contributed by atoms with van der Waals surface area (Å²) in [5.74, 6) is 5.32. The average molecular weight is 422 g/mol. The number of hydrogen-bond donors (Lipinski definition) is 2. The van der Waals surface area contributed by atoms with Gasteiger partial charge >= 0.3 is 0 Å². The summed E-state index contributed by atoms with van der Waals surface area (Å²) >= 11 is 6.78. The Kier molecular flexibility index (Phi) is 5.88. The molecule has 21 heavy (non-hydrogen) atoms. The first-order valence-electron chi connectivity index (χ1n) is 6.19. The van der Waals surface area contributed by atoms with Gasteiger partial charge in [-0.05, 0) is 34.1 Å². The third kappa shape index (κ3) is 3.70. The van der Waals surface area contributed by atoms with E-state index in [2.05, 4.69) is 42.4 Å². The number of hydrogen-bond acceptors (Lipinski definition) is 4. The molecule has 1 heterocycles. The maximum Gasteiger partial charge on any atom is 0.128 e. The van der Waals surface area contributed by atoms with Gasteiger partial charge in [0.2, 0.25) is 0 Å². The number of ether oxygens (including phenoxy) is 1. The van der Waals surface area contributed by atoms with Crippen LogP contribution in [0, 0.1) is 5.82 Å². The summed E-state index contributed by atoms with van der Waals surface area (Å²) < 4.78 is 22.5. The van der Waals surface area contributed by atoms with Crippen LogP contribution < -0.4 is 11.3 Å². The normalized spacial score (nSPS) is 12.6. The van der Waals surface area contributed by atoms with Gasteiger partial charge in [-0.15, -0.1) is 0 Å². The predicted octanol–water partition coefficient (Wildman–Crippen LogP) is 2.75. The fourth-order valence-corrected chi connectivity index (χ4v) is 2.97. The monoisotopic (exact) mass is 420 g/mol. The Morgan fingerprint density at radius 1 is 1.48 bits per heavy atom. The Balaban J connectivity index is 2.46. The molecule has 0 bridgehead atoms. The van der Waals surface area contributed by atoms with E-state index in [4.69, 9.17) is 10.6 Å². The standard InChI is InChI=1S/C13H15Br2FN4O/c1-21-5-4-20-13(10(15)7-18-20)12(19-17)9-6-8(14)2-3-11(9)16/h2-3,6-7,12,19H,4-5,17H2,1H3. The molecule has 0 radical (unpaired) electrons. The highest BCUT2D eigenvalue weighted by atomic mass is 79.9. The average Bonchev–Trinajstić information content (AvgIpc) is 2.83. The van der Waals surface area contributed by atoms with Gasteiger partial charge in [0.25, 0.3) is 0 Å². The molecule has 0 saturated carbocycles. The quantitative estimate of drug-likeness (QED) is 0.556. The van der Waals surface area contributed by atoms with Crippen LogP contribution in [0.15, 0.2) is 33.3 Å². The molecule has 0 aliphatic carbocycles. The summed E-state index contributed by atoms with van der Waals surface area (Å²) in [4.78, 5) is 0. The Labute approximate surface area is 138 Å². The van der Waals surface area contributed by atoms with Gasteiger partial charge in [0, 0.05) is 17.1 Å². The van der Waals surface area contributed by atoms with E-state index in [1.54, 1.807) is 30.1 Å².